The summed E-state index contributed by atoms with van der Waals surface area (Å²) in [5.41, 5.74) is 2.15. The maximum absolute atomic E-state index is 12.3. The van der Waals surface area contributed by atoms with Gasteiger partial charge in [0.2, 0.25) is 5.91 Å². The number of benzene rings is 2. The van der Waals surface area contributed by atoms with Crippen LogP contribution in [0.3, 0.4) is 0 Å². The van der Waals surface area contributed by atoms with E-state index < -0.39 is 0 Å². The summed E-state index contributed by atoms with van der Waals surface area (Å²) in [6.07, 6.45) is 0. The number of anilines is 1. The van der Waals surface area contributed by atoms with Crippen molar-refractivity contribution in [3.63, 3.8) is 0 Å². The van der Waals surface area contributed by atoms with Crippen LogP contribution in [0.5, 0.6) is 11.5 Å². The Labute approximate surface area is 159 Å². The molecule has 0 radical (unpaired) electrons. The molecule has 0 heterocycles. The van der Waals surface area contributed by atoms with Crippen molar-refractivity contribution in [3.05, 3.63) is 53.6 Å². The lowest BCUT2D eigenvalue weighted by Gasteiger charge is -2.19. The summed E-state index contributed by atoms with van der Waals surface area (Å²) in [7, 11) is 3.05. The summed E-state index contributed by atoms with van der Waals surface area (Å²) in [6, 6.07) is 12.5. The number of ether oxygens (including phenoxy) is 2. The molecule has 0 aliphatic heterocycles. The monoisotopic (exact) mass is 370 g/mol. The van der Waals surface area contributed by atoms with Gasteiger partial charge in [-0.1, -0.05) is 32.9 Å². The summed E-state index contributed by atoms with van der Waals surface area (Å²) >= 11 is 0. The predicted octanol–water partition coefficient (Wildman–Crippen LogP) is 3.37. The number of hydrogen-bond donors (Lipinski definition) is 2. The molecular formula is C21H26N2O4. The average molecular weight is 370 g/mol. The second-order valence-corrected chi connectivity index (χ2v) is 7.12. The molecule has 2 aromatic carbocycles. The third-order valence-electron chi connectivity index (χ3n) is 4.10. The maximum Gasteiger partial charge on any atom is 0.251 e. The van der Waals surface area contributed by atoms with Gasteiger partial charge in [0.05, 0.1) is 26.5 Å². The Bertz CT molecular complexity index is 808. The van der Waals surface area contributed by atoms with Gasteiger partial charge in [0.1, 0.15) is 11.5 Å². The summed E-state index contributed by atoms with van der Waals surface area (Å²) in [6.45, 7) is 6.18. The Morgan fingerprint density at radius 1 is 0.963 bits per heavy atom. The van der Waals surface area contributed by atoms with E-state index in [4.69, 9.17) is 9.47 Å². The van der Waals surface area contributed by atoms with Gasteiger partial charge < -0.3 is 20.1 Å². The van der Waals surface area contributed by atoms with E-state index in [0.717, 1.165) is 5.56 Å². The molecule has 144 valence electrons. The second-order valence-electron chi connectivity index (χ2n) is 7.12. The number of nitrogens with one attached hydrogen (secondary N) is 2. The number of amides is 2. The first-order valence-corrected chi connectivity index (χ1v) is 8.65. The minimum Gasteiger partial charge on any atom is -0.497 e. The summed E-state index contributed by atoms with van der Waals surface area (Å²) < 4.78 is 10.4. The van der Waals surface area contributed by atoms with Crippen molar-refractivity contribution < 1.29 is 19.1 Å². The quantitative estimate of drug-likeness (QED) is 0.817. The highest BCUT2D eigenvalue weighted by atomic mass is 16.5. The zero-order valence-corrected chi connectivity index (χ0v) is 16.4. The molecule has 2 amide bonds. The van der Waals surface area contributed by atoms with Crippen molar-refractivity contribution in [2.24, 2.45) is 0 Å². The minimum atomic E-state index is -0.360. The molecule has 0 unspecified atom stereocenters. The van der Waals surface area contributed by atoms with Crippen LogP contribution in [0, 0.1) is 0 Å². The van der Waals surface area contributed by atoms with Gasteiger partial charge in [-0.05, 0) is 35.2 Å². The third-order valence-corrected chi connectivity index (χ3v) is 4.10. The lowest BCUT2D eigenvalue weighted by Crippen LogP contribution is -2.33. The van der Waals surface area contributed by atoms with E-state index >= 15 is 0 Å². The van der Waals surface area contributed by atoms with E-state index in [1.54, 1.807) is 37.4 Å². The number of carbonyl (C=O) groups excluding carboxylic acids is 2. The van der Waals surface area contributed by atoms with Crippen molar-refractivity contribution in [1.29, 1.82) is 0 Å². The standard InChI is InChI=1S/C21H26N2O4/c1-21(2,3)15-8-6-14(7-9-15)20(25)22-13-19(24)23-17-12-16(26-4)10-11-18(17)27-5/h6-12H,13H2,1-5H3,(H,22,25)(H,23,24). The topological polar surface area (TPSA) is 76.7 Å². The van der Waals surface area contributed by atoms with E-state index in [1.165, 1.54) is 7.11 Å². The molecule has 0 aromatic heterocycles. The molecule has 0 spiro atoms. The molecule has 0 bridgehead atoms. The molecule has 0 saturated carbocycles. The van der Waals surface area contributed by atoms with Gasteiger partial charge in [0.25, 0.3) is 5.91 Å². The van der Waals surface area contributed by atoms with Gasteiger partial charge in [-0.15, -0.1) is 0 Å². The molecular weight excluding hydrogens is 344 g/mol. The van der Waals surface area contributed by atoms with Gasteiger partial charge in [-0.3, -0.25) is 9.59 Å². The zero-order valence-electron chi connectivity index (χ0n) is 16.4. The van der Waals surface area contributed by atoms with E-state index in [-0.39, 0.29) is 23.8 Å². The van der Waals surface area contributed by atoms with Crippen LogP contribution in [-0.4, -0.2) is 32.6 Å². The molecule has 6 heteroatoms. The minimum absolute atomic E-state index is 0.0185. The average Bonchev–Trinajstić information content (AvgIpc) is 2.65. The second kappa shape index (κ2) is 8.58. The first kappa shape index (κ1) is 20.3. The molecule has 2 aromatic rings. The molecule has 0 saturated heterocycles. The van der Waals surface area contributed by atoms with E-state index in [2.05, 4.69) is 31.4 Å². The Kier molecular flexibility index (Phi) is 6.45. The SMILES string of the molecule is COc1ccc(OC)c(NC(=O)CNC(=O)c2ccc(C(C)(C)C)cc2)c1. The van der Waals surface area contributed by atoms with Crippen LogP contribution in [0.1, 0.15) is 36.7 Å². The van der Waals surface area contributed by atoms with Crippen LogP contribution >= 0.6 is 0 Å². The lowest BCUT2D eigenvalue weighted by atomic mass is 9.87. The fourth-order valence-corrected chi connectivity index (χ4v) is 2.49. The predicted molar refractivity (Wildman–Crippen MR) is 106 cm³/mol. The summed E-state index contributed by atoms with van der Waals surface area (Å²) in [5.74, 6) is 0.437. The van der Waals surface area contributed by atoms with E-state index in [0.29, 0.717) is 22.7 Å². The van der Waals surface area contributed by atoms with Crippen LogP contribution in [0.2, 0.25) is 0 Å². The van der Waals surface area contributed by atoms with Gasteiger partial charge in [0.15, 0.2) is 0 Å². The van der Waals surface area contributed by atoms with Gasteiger partial charge in [-0.25, -0.2) is 0 Å². The van der Waals surface area contributed by atoms with E-state index in [1.807, 2.05) is 12.1 Å². The molecule has 0 aliphatic carbocycles. The first-order chi connectivity index (χ1) is 12.7. The van der Waals surface area contributed by atoms with Crippen LogP contribution < -0.4 is 20.1 Å². The zero-order chi connectivity index (χ0) is 20.0. The van der Waals surface area contributed by atoms with E-state index in [9.17, 15) is 9.59 Å². The van der Waals surface area contributed by atoms with Crippen molar-refractivity contribution in [2.45, 2.75) is 26.2 Å². The van der Waals surface area contributed by atoms with Crippen molar-refractivity contribution in [1.82, 2.24) is 5.32 Å². The molecule has 0 fully saturated rings. The molecule has 2 N–H and O–H groups in total. The van der Waals surface area contributed by atoms with Gasteiger partial charge >= 0.3 is 0 Å². The van der Waals surface area contributed by atoms with Crippen LogP contribution in [0.15, 0.2) is 42.5 Å². The Morgan fingerprint density at radius 3 is 2.19 bits per heavy atom. The fourth-order valence-electron chi connectivity index (χ4n) is 2.49. The molecule has 0 atom stereocenters. The molecule has 0 aliphatic rings. The smallest absolute Gasteiger partial charge is 0.251 e. The Morgan fingerprint density at radius 2 is 1.63 bits per heavy atom. The highest BCUT2D eigenvalue weighted by Gasteiger charge is 2.15. The van der Waals surface area contributed by atoms with Gasteiger partial charge in [0, 0.05) is 11.6 Å². The van der Waals surface area contributed by atoms with Crippen LogP contribution in [0.25, 0.3) is 0 Å². The maximum atomic E-state index is 12.3. The third kappa shape index (κ3) is 5.48. The first-order valence-electron chi connectivity index (χ1n) is 8.65. The summed E-state index contributed by atoms with van der Waals surface area (Å²) in [4.78, 5) is 24.4. The van der Waals surface area contributed by atoms with Crippen molar-refractivity contribution in [2.75, 3.05) is 26.1 Å². The molecule has 6 nitrogen and oxygen atoms in total. The van der Waals surface area contributed by atoms with Crippen LogP contribution in [-0.2, 0) is 10.2 Å². The molecule has 2 rings (SSSR count). The summed E-state index contributed by atoms with van der Waals surface area (Å²) in [5, 5.41) is 5.33. The highest BCUT2D eigenvalue weighted by Crippen LogP contribution is 2.28. The number of rotatable bonds is 6. The number of carbonyl (C=O) groups is 2. The lowest BCUT2D eigenvalue weighted by molar-refractivity contribution is -0.115. The van der Waals surface area contributed by atoms with Crippen LogP contribution in [0.4, 0.5) is 5.69 Å². The van der Waals surface area contributed by atoms with Crippen molar-refractivity contribution in [3.8, 4) is 11.5 Å². The Hall–Kier alpha value is -3.02. The van der Waals surface area contributed by atoms with Gasteiger partial charge in [-0.2, -0.15) is 0 Å². The van der Waals surface area contributed by atoms with Crippen molar-refractivity contribution >= 4 is 17.5 Å². The fraction of sp³-hybridized carbons (Fsp3) is 0.333. The molecule has 27 heavy (non-hydrogen) atoms. The highest BCUT2D eigenvalue weighted by molar-refractivity contribution is 5.99. The normalized spacial score (nSPS) is 10.9. The largest absolute Gasteiger partial charge is 0.497 e. The number of methoxy groups -OCH3 is 2. The number of hydrogen-bond acceptors (Lipinski definition) is 4. The Balaban J connectivity index is 1.96.